The minimum Gasteiger partial charge on any atom is -0.486 e. The average molecular weight is 418 g/mol. The zero-order valence-corrected chi connectivity index (χ0v) is 17.1. The fourth-order valence-corrected chi connectivity index (χ4v) is 4.20. The molecule has 1 aliphatic heterocycles. The lowest BCUT2D eigenvalue weighted by molar-refractivity contribution is 0.102. The van der Waals surface area contributed by atoms with Crippen LogP contribution in [-0.2, 0) is 0 Å². The summed E-state index contributed by atoms with van der Waals surface area (Å²) in [6.45, 7) is 3.05. The van der Waals surface area contributed by atoms with Crippen LogP contribution in [0, 0.1) is 6.92 Å². The lowest BCUT2D eigenvalue weighted by atomic mass is 10.1. The van der Waals surface area contributed by atoms with Gasteiger partial charge in [-0.25, -0.2) is 14.6 Å². The first-order valence-electron chi connectivity index (χ1n) is 9.51. The normalized spacial score (nSPS) is 12.8. The number of ether oxygens (including phenoxy) is 2. The van der Waals surface area contributed by atoms with Crippen LogP contribution in [0.25, 0.3) is 16.7 Å². The Hall–Kier alpha value is -3.39. The number of hydrogen-bond donors (Lipinski definition) is 0. The lowest BCUT2D eigenvalue weighted by Gasteiger charge is -2.18. The van der Waals surface area contributed by atoms with Crippen LogP contribution in [0.15, 0.2) is 60.0 Å². The number of nitrogens with zero attached hydrogens (tertiary/aromatic N) is 4. The van der Waals surface area contributed by atoms with E-state index in [0.717, 1.165) is 21.7 Å². The van der Waals surface area contributed by atoms with Gasteiger partial charge in [-0.15, -0.1) is 0 Å². The van der Waals surface area contributed by atoms with E-state index in [0.29, 0.717) is 35.9 Å². The van der Waals surface area contributed by atoms with Crippen molar-refractivity contribution < 1.29 is 14.3 Å². The number of aryl methyl sites for hydroxylation is 1. The number of aromatic nitrogens is 4. The fraction of sp³-hybridized carbons (Fsp3) is 0.182. The summed E-state index contributed by atoms with van der Waals surface area (Å²) in [6.07, 6.45) is 3.26. The monoisotopic (exact) mass is 418 g/mol. The van der Waals surface area contributed by atoms with Crippen molar-refractivity contribution in [2.75, 3.05) is 19.0 Å². The molecule has 0 N–H and O–H groups in total. The molecule has 7 nitrogen and oxygen atoms in total. The molecule has 2 aromatic carbocycles. The van der Waals surface area contributed by atoms with E-state index in [9.17, 15) is 4.79 Å². The van der Waals surface area contributed by atoms with Gasteiger partial charge in [-0.1, -0.05) is 30.0 Å². The standard InChI is InChI=1S/C22H18N4O3S/c1-14-4-2-3-5-17(14)26-21-16(11-25-26)22(24-13-23-21)30-12-18(27)15-6-7-19-20(10-15)29-9-8-28-19/h2-7,10-11,13H,8-9,12H2,1H3. The third-order valence-corrected chi connectivity index (χ3v) is 5.88. The molecule has 0 atom stereocenters. The molecule has 0 bridgehead atoms. The highest BCUT2D eigenvalue weighted by Crippen LogP contribution is 2.32. The quantitative estimate of drug-likeness (QED) is 0.276. The molecule has 0 saturated carbocycles. The Kier molecular flexibility index (Phi) is 4.84. The first kappa shape index (κ1) is 18.6. The topological polar surface area (TPSA) is 79.1 Å². The highest BCUT2D eigenvalue weighted by Gasteiger charge is 2.17. The lowest BCUT2D eigenvalue weighted by Crippen LogP contribution is -2.16. The van der Waals surface area contributed by atoms with Crippen molar-refractivity contribution >= 4 is 28.6 Å². The van der Waals surface area contributed by atoms with E-state index in [4.69, 9.17) is 9.47 Å². The Bertz CT molecular complexity index is 1250. The van der Waals surface area contributed by atoms with Crippen molar-refractivity contribution in [1.82, 2.24) is 19.7 Å². The van der Waals surface area contributed by atoms with Crippen LogP contribution in [0.2, 0.25) is 0 Å². The summed E-state index contributed by atoms with van der Waals surface area (Å²) < 4.78 is 12.9. The molecule has 150 valence electrons. The maximum absolute atomic E-state index is 12.7. The molecule has 0 amide bonds. The minimum absolute atomic E-state index is 0.00460. The summed E-state index contributed by atoms with van der Waals surface area (Å²) in [4.78, 5) is 21.5. The largest absolute Gasteiger partial charge is 0.486 e. The van der Waals surface area contributed by atoms with Gasteiger partial charge in [0.1, 0.15) is 24.6 Å². The second-order valence-corrected chi connectivity index (χ2v) is 7.79. The Morgan fingerprint density at radius 3 is 2.80 bits per heavy atom. The van der Waals surface area contributed by atoms with Crippen LogP contribution in [-0.4, -0.2) is 44.5 Å². The summed E-state index contributed by atoms with van der Waals surface area (Å²) in [5.74, 6) is 1.53. The molecular formula is C22H18N4O3S. The van der Waals surface area contributed by atoms with Crippen molar-refractivity contribution in [2.45, 2.75) is 11.9 Å². The Morgan fingerprint density at radius 1 is 1.10 bits per heavy atom. The molecule has 0 fully saturated rings. The molecule has 0 unspecified atom stereocenters. The maximum atomic E-state index is 12.7. The predicted molar refractivity (Wildman–Crippen MR) is 114 cm³/mol. The number of rotatable bonds is 5. The number of Topliss-reactive ketones (excluding diaryl/α,β-unsaturated/α-hetero) is 1. The van der Waals surface area contributed by atoms with Gasteiger partial charge in [0, 0.05) is 5.56 Å². The smallest absolute Gasteiger partial charge is 0.173 e. The number of fused-ring (bicyclic) bond motifs is 2. The average Bonchev–Trinajstić information content (AvgIpc) is 3.22. The number of benzene rings is 2. The Labute approximate surface area is 177 Å². The van der Waals surface area contributed by atoms with E-state index in [-0.39, 0.29) is 11.5 Å². The van der Waals surface area contributed by atoms with Crippen LogP contribution in [0.1, 0.15) is 15.9 Å². The van der Waals surface area contributed by atoms with Gasteiger partial charge in [0.25, 0.3) is 0 Å². The third-order valence-electron chi connectivity index (χ3n) is 4.88. The van der Waals surface area contributed by atoms with Gasteiger partial charge in [0.05, 0.1) is 23.0 Å². The van der Waals surface area contributed by atoms with E-state index in [1.165, 1.54) is 18.1 Å². The molecule has 0 aliphatic carbocycles. The van der Waals surface area contributed by atoms with Crippen molar-refractivity contribution in [1.29, 1.82) is 0 Å². The molecule has 2 aromatic heterocycles. The Morgan fingerprint density at radius 2 is 1.93 bits per heavy atom. The second kappa shape index (κ2) is 7.79. The van der Waals surface area contributed by atoms with Gasteiger partial charge in [-0.05, 0) is 36.8 Å². The van der Waals surface area contributed by atoms with Crippen LogP contribution >= 0.6 is 11.8 Å². The van der Waals surface area contributed by atoms with Crippen LogP contribution in [0.4, 0.5) is 0 Å². The van der Waals surface area contributed by atoms with Crippen LogP contribution in [0.5, 0.6) is 11.5 Å². The van der Waals surface area contributed by atoms with Gasteiger partial charge in [0.2, 0.25) is 0 Å². The molecule has 5 rings (SSSR count). The third kappa shape index (κ3) is 3.39. The first-order chi connectivity index (χ1) is 14.7. The molecule has 8 heteroatoms. The number of carbonyl (C=O) groups is 1. The van der Waals surface area contributed by atoms with Crippen molar-refractivity contribution in [3.63, 3.8) is 0 Å². The summed E-state index contributed by atoms with van der Waals surface area (Å²) in [7, 11) is 0. The van der Waals surface area contributed by atoms with E-state index in [1.807, 2.05) is 31.2 Å². The summed E-state index contributed by atoms with van der Waals surface area (Å²) in [5, 5.41) is 6.05. The summed E-state index contributed by atoms with van der Waals surface area (Å²) in [5.41, 5.74) is 3.37. The highest BCUT2D eigenvalue weighted by molar-refractivity contribution is 8.00. The zero-order chi connectivity index (χ0) is 20.5. The van der Waals surface area contributed by atoms with E-state index in [2.05, 4.69) is 15.1 Å². The van der Waals surface area contributed by atoms with Gasteiger partial charge in [0.15, 0.2) is 22.9 Å². The molecule has 0 saturated heterocycles. The van der Waals surface area contributed by atoms with E-state index >= 15 is 0 Å². The van der Waals surface area contributed by atoms with Crippen LogP contribution in [0.3, 0.4) is 0 Å². The van der Waals surface area contributed by atoms with Crippen molar-refractivity contribution in [3.8, 4) is 17.2 Å². The molecule has 3 heterocycles. The minimum atomic E-state index is -0.00460. The first-order valence-corrected chi connectivity index (χ1v) is 10.5. The summed E-state index contributed by atoms with van der Waals surface area (Å²) >= 11 is 1.38. The molecule has 30 heavy (non-hydrogen) atoms. The van der Waals surface area contributed by atoms with E-state index < -0.39 is 0 Å². The predicted octanol–water partition coefficient (Wildman–Crippen LogP) is 3.87. The van der Waals surface area contributed by atoms with Gasteiger partial charge >= 0.3 is 0 Å². The maximum Gasteiger partial charge on any atom is 0.173 e. The molecule has 0 spiro atoms. The van der Waals surface area contributed by atoms with Crippen molar-refractivity contribution in [3.05, 3.63) is 66.1 Å². The van der Waals surface area contributed by atoms with Gasteiger partial charge < -0.3 is 9.47 Å². The highest BCUT2D eigenvalue weighted by atomic mass is 32.2. The molecule has 4 aromatic rings. The molecular weight excluding hydrogens is 400 g/mol. The Balaban J connectivity index is 1.38. The number of hydrogen-bond acceptors (Lipinski definition) is 7. The SMILES string of the molecule is Cc1ccccc1-n1ncc2c(SCC(=O)c3ccc4c(c3)OCCO4)ncnc21. The van der Waals surface area contributed by atoms with E-state index in [1.54, 1.807) is 29.1 Å². The molecule has 0 radical (unpaired) electrons. The zero-order valence-electron chi connectivity index (χ0n) is 16.2. The van der Waals surface area contributed by atoms with Gasteiger partial charge in [-0.2, -0.15) is 5.10 Å². The number of ketones is 1. The number of carbonyl (C=O) groups excluding carboxylic acids is 1. The number of para-hydroxylation sites is 1. The fourth-order valence-electron chi connectivity index (χ4n) is 3.35. The summed E-state index contributed by atoms with van der Waals surface area (Å²) in [6, 6.07) is 13.3. The van der Waals surface area contributed by atoms with Crippen LogP contribution < -0.4 is 9.47 Å². The van der Waals surface area contributed by atoms with Crippen molar-refractivity contribution in [2.24, 2.45) is 0 Å². The second-order valence-electron chi connectivity index (χ2n) is 6.83. The van der Waals surface area contributed by atoms with Gasteiger partial charge in [-0.3, -0.25) is 4.79 Å². The number of thioether (sulfide) groups is 1. The molecule has 1 aliphatic rings.